The topological polar surface area (TPSA) is 81.3 Å². The first kappa shape index (κ1) is 16.4. The molecule has 21 heavy (non-hydrogen) atoms. The van der Waals surface area contributed by atoms with E-state index >= 15 is 0 Å². The summed E-state index contributed by atoms with van der Waals surface area (Å²) in [5.74, 6) is 0. The molecule has 0 aromatic carbocycles. The molecule has 0 atom stereocenters. The molecule has 0 saturated carbocycles. The first-order valence-electron chi connectivity index (χ1n) is 7.23. The minimum absolute atomic E-state index is 0.0469. The summed E-state index contributed by atoms with van der Waals surface area (Å²) < 4.78 is 27.1. The fourth-order valence-electron chi connectivity index (χ4n) is 2.72. The van der Waals surface area contributed by atoms with Crippen LogP contribution >= 0.6 is 0 Å². The molecule has 8 heteroatoms. The number of sulfonamides is 1. The van der Waals surface area contributed by atoms with Gasteiger partial charge in [-0.05, 0) is 47.0 Å². The van der Waals surface area contributed by atoms with Crippen LogP contribution in [0.3, 0.4) is 0 Å². The number of aromatic nitrogens is 2. The normalized spacial score (nSPS) is 18.5. The SMILES string of the molecule is CNCc1c(S(=O)(=O)N(C)C2CCN(C)CC2)n[nH]c1C. The molecule has 0 bridgehead atoms. The van der Waals surface area contributed by atoms with Gasteiger partial charge in [-0.25, -0.2) is 8.42 Å². The zero-order chi connectivity index (χ0) is 15.6. The van der Waals surface area contributed by atoms with Gasteiger partial charge in [0, 0.05) is 30.9 Å². The van der Waals surface area contributed by atoms with Crippen LogP contribution in [-0.4, -0.2) is 68.1 Å². The smallest absolute Gasteiger partial charge is 0.262 e. The second-order valence-corrected chi connectivity index (χ2v) is 7.63. The van der Waals surface area contributed by atoms with Crippen LogP contribution in [0.1, 0.15) is 24.1 Å². The molecule has 0 spiro atoms. The van der Waals surface area contributed by atoms with Crippen LogP contribution in [0, 0.1) is 6.92 Å². The van der Waals surface area contributed by atoms with Crippen molar-refractivity contribution in [3.8, 4) is 0 Å². The van der Waals surface area contributed by atoms with Gasteiger partial charge in [-0.15, -0.1) is 0 Å². The summed E-state index contributed by atoms with van der Waals surface area (Å²) >= 11 is 0. The highest BCUT2D eigenvalue weighted by Gasteiger charge is 2.33. The second kappa shape index (κ2) is 6.43. The Bertz CT molecular complexity index is 575. The lowest BCUT2D eigenvalue weighted by Gasteiger charge is -2.34. The van der Waals surface area contributed by atoms with Crippen molar-refractivity contribution < 1.29 is 8.42 Å². The van der Waals surface area contributed by atoms with E-state index in [4.69, 9.17) is 0 Å². The minimum Gasteiger partial charge on any atom is -0.316 e. The van der Waals surface area contributed by atoms with E-state index in [1.165, 1.54) is 4.31 Å². The van der Waals surface area contributed by atoms with Crippen LogP contribution in [0.15, 0.2) is 5.03 Å². The molecule has 1 aromatic heterocycles. The number of aromatic amines is 1. The molecule has 0 amide bonds. The van der Waals surface area contributed by atoms with Crippen molar-refractivity contribution in [1.82, 2.24) is 24.7 Å². The van der Waals surface area contributed by atoms with Crippen molar-refractivity contribution in [3.63, 3.8) is 0 Å². The molecule has 0 aliphatic carbocycles. The minimum atomic E-state index is -3.56. The van der Waals surface area contributed by atoms with Gasteiger partial charge >= 0.3 is 0 Å². The number of likely N-dealkylation sites (tertiary alicyclic amines) is 1. The number of H-pyrrole nitrogens is 1. The van der Waals surface area contributed by atoms with Crippen molar-refractivity contribution in [2.24, 2.45) is 0 Å². The summed E-state index contributed by atoms with van der Waals surface area (Å²) in [7, 11) is 1.97. The van der Waals surface area contributed by atoms with Crippen LogP contribution in [0.5, 0.6) is 0 Å². The number of rotatable bonds is 5. The maximum Gasteiger partial charge on any atom is 0.262 e. The zero-order valence-corrected chi connectivity index (χ0v) is 14.0. The van der Waals surface area contributed by atoms with Crippen molar-refractivity contribution in [3.05, 3.63) is 11.3 Å². The second-order valence-electron chi connectivity index (χ2n) is 5.72. The number of hydrogen-bond acceptors (Lipinski definition) is 5. The Morgan fingerprint density at radius 3 is 2.62 bits per heavy atom. The van der Waals surface area contributed by atoms with Crippen LogP contribution in [-0.2, 0) is 16.6 Å². The van der Waals surface area contributed by atoms with Crippen LogP contribution < -0.4 is 5.32 Å². The van der Waals surface area contributed by atoms with E-state index < -0.39 is 10.0 Å². The molecule has 120 valence electrons. The van der Waals surface area contributed by atoms with Crippen molar-refractivity contribution in [1.29, 1.82) is 0 Å². The highest BCUT2D eigenvalue weighted by Crippen LogP contribution is 2.24. The summed E-state index contributed by atoms with van der Waals surface area (Å²) in [4.78, 5) is 2.22. The van der Waals surface area contributed by atoms with Gasteiger partial charge in [0.2, 0.25) is 0 Å². The fraction of sp³-hybridized carbons (Fsp3) is 0.769. The first-order chi connectivity index (χ1) is 9.87. The van der Waals surface area contributed by atoms with Gasteiger partial charge in [0.15, 0.2) is 5.03 Å². The zero-order valence-electron chi connectivity index (χ0n) is 13.2. The molecule has 1 aliphatic heterocycles. The van der Waals surface area contributed by atoms with Gasteiger partial charge < -0.3 is 10.2 Å². The fourth-order valence-corrected chi connectivity index (χ4v) is 4.29. The highest BCUT2D eigenvalue weighted by atomic mass is 32.2. The Labute approximate surface area is 126 Å². The maximum absolute atomic E-state index is 12.8. The molecule has 2 heterocycles. The first-order valence-corrected chi connectivity index (χ1v) is 8.67. The highest BCUT2D eigenvalue weighted by molar-refractivity contribution is 7.89. The Hall–Kier alpha value is -0.960. The van der Waals surface area contributed by atoms with Crippen LogP contribution in [0.2, 0.25) is 0 Å². The largest absolute Gasteiger partial charge is 0.316 e. The summed E-state index contributed by atoms with van der Waals surface area (Å²) in [6, 6.07) is 0.0469. The Balaban J connectivity index is 2.25. The molecule has 2 rings (SSSR count). The van der Waals surface area contributed by atoms with Gasteiger partial charge in [0.25, 0.3) is 10.0 Å². The van der Waals surface area contributed by atoms with E-state index in [-0.39, 0.29) is 11.1 Å². The van der Waals surface area contributed by atoms with E-state index in [2.05, 4.69) is 27.5 Å². The quantitative estimate of drug-likeness (QED) is 0.808. The van der Waals surface area contributed by atoms with Gasteiger partial charge in [-0.1, -0.05) is 0 Å². The van der Waals surface area contributed by atoms with E-state index in [0.29, 0.717) is 6.54 Å². The molecule has 1 saturated heterocycles. The van der Waals surface area contributed by atoms with Gasteiger partial charge in [-0.2, -0.15) is 9.40 Å². The third kappa shape index (κ3) is 3.28. The molecular formula is C13H25N5O2S. The number of nitrogens with zero attached hydrogens (tertiary/aromatic N) is 3. The summed E-state index contributed by atoms with van der Waals surface area (Å²) in [6.07, 6.45) is 1.72. The lowest BCUT2D eigenvalue weighted by atomic mass is 10.1. The van der Waals surface area contributed by atoms with Crippen molar-refractivity contribution in [2.75, 3.05) is 34.2 Å². The lowest BCUT2D eigenvalue weighted by Crippen LogP contribution is -2.44. The molecule has 0 radical (unpaired) electrons. The monoisotopic (exact) mass is 315 g/mol. The Morgan fingerprint density at radius 2 is 2.05 bits per heavy atom. The summed E-state index contributed by atoms with van der Waals surface area (Å²) in [5.41, 5.74) is 1.51. The molecule has 1 aromatic rings. The number of hydrogen-bond donors (Lipinski definition) is 2. The molecule has 0 unspecified atom stereocenters. The van der Waals surface area contributed by atoms with Crippen molar-refractivity contribution in [2.45, 2.75) is 37.4 Å². The third-order valence-corrected chi connectivity index (χ3v) is 6.10. The molecule has 7 nitrogen and oxygen atoms in total. The summed E-state index contributed by atoms with van der Waals surface area (Å²) in [6.45, 7) is 4.17. The lowest BCUT2D eigenvalue weighted by molar-refractivity contribution is 0.197. The predicted octanol–water partition coefficient (Wildman–Crippen LogP) is 0.152. The standard InChI is InChI=1S/C13H25N5O2S/c1-10-12(9-14-2)13(16-15-10)21(19,20)18(4)11-5-7-17(3)8-6-11/h11,14H,5-9H2,1-4H3,(H,15,16). The predicted molar refractivity (Wildman–Crippen MR) is 81.6 cm³/mol. The number of nitrogens with one attached hydrogen (secondary N) is 2. The van der Waals surface area contributed by atoms with E-state index in [1.807, 2.05) is 6.92 Å². The van der Waals surface area contributed by atoms with Gasteiger partial charge in [-0.3, -0.25) is 5.10 Å². The van der Waals surface area contributed by atoms with Gasteiger partial charge in [0.05, 0.1) is 0 Å². The average molecular weight is 315 g/mol. The van der Waals surface area contributed by atoms with E-state index in [9.17, 15) is 8.42 Å². The Kier molecular flexibility index (Phi) is 5.03. The number of piperidine rings is 1. The van der Waals surface area contributed by atoms with E-state index in [1.54, 1.807) is 14.1 Å². The van der Waals surface area contributed by atoms with E-state index in [0.717, 1.165) is 37.2 Å². The Morgan fingerprint density at radius 1 is 1.43 bits per heavy atom. The average Bonchev–Trinajstić information content (AvgIpc) is 2.81. The van der Waals surface area contributed by atoms with Gasteiger partial charge in [0.1, 0.15) is 0 Å². The summed E-state index contributed by atoms with van der Waals surface area (Å²) in [5, 5.41) is 9.97. The van der Waals surface area contributed by atoms with Crippen LogP contribution in [0.25, 0.3) is 0 Å². The third-order valence-electron chi connectivity index (χ3n) is 4.22. The maximum atomic E-state index is 12.8. The van der Waals surface area contributed by atoms with Crippen molar-refractivity contribution >= 4 is 10.0 Å². The molecular weight excluding hydrogens is 290 g/mol. The number of aryl methyl sites for hydroxylation is 1. The molecule has 1 aliphatic rings. The molecule has 2 N–H and O–H groups in total. The molecule has 1 fully saturated rings. The van der Waals surface area contributed by atoms with Crippen LogP contribution in [0.4, 0.5) is 0 Å².